The Bertz CT molecular complexity index is 588. The van der Waals surface area contributed by atoms with Crippen LogP contribution in [0.2, 0.25) is 0 Å². The van der Waals surface area contributed by atoms with Crippen LogP contribution in [0.5, 0.6) is 0 Å². The largest absolute Gasteiger partial charge is 0.381 e. The van der Waals surface area contributed by atoms with E-state index >= 15 is 0 Å². The van der Waals surface area contributed by atoms with E-state index in [-0.39, 0.29) is 24.0 Å². The summed E-state index contributed by atoms with van der Waals surface area (Å²) in [5.74, 6) is 1.73. The third-order valence-corrected chi connectivity index (χ3v) is 6.93. The highest BCUT2D eigenvalue weighted by molar-refractivity contribution is 14.0. The SMILES string of the molecule is CN=C(NCCCOC1CCOCC1)NCC(c1cccs1)N1CCC(C)CC1.I. The van der Waals surface area contributed by atoms with E-state index in [1.54, 1.807) is 0 Å². The standard InChI is InChI=1S/C22H38N4O2S.HI/c1-18-6-11-26(12-7-18)20(21-5-3-16-29-21)17-25-22(23-2)24-10-4-13-28-19-8-14-27-15-9-19;/h3,5,16,18-20H,4,6-15,17H2,1-2H3,(H2,23,24,25);1H. The predicted octanol–water partition coefficient (Wildman–Crippen LogP) is 3.89. The van der Waals surface area contributed by atoms with E-state index in [0.29, 0.717) is 12.1 Å². The molecule has 8 heteroatoms. The van der Waals surface area contributed by atoms with Crippen molar-refractivity contribution in [2.75, 3.05) is 53.0 Å². The molecule has 0 spiro atoms. The summed E-state index contributed by atoms with van der Waals surface area (Å²) < 4.78 is 11.3. The molecule has 2 N–H and O–H groups in total. The number of guanidine groups is 1. The van der Waals surface area contributed by atoms with Gasteiger partial charge in [0.05, 0.1) is 12.1 Å². The lowest BCUT2D eigenvalue weighted by Gasteiger charge is -2.36. The normalized spacial score (nSPS) is 20.5. The second-order valence-corrected chi connectivity index (χ2v) is 9.14. The first-order valence-electron chi connectivity index (χ1n) is 11.2. The quantitative estimate of drug-likeness (QED) is 0.212. The second kappa shape index (κ2) is 14.6. The molecule has 1 aromatic rings. The molecule has 172 valence electrons. The third-order valence-electron chi connectivity index (χ3n) is 5.95. The summed E-state index contributed by atoms with van der Waals surface area (Å²) in [5, 5.41) is 9.17. The van der Waals surface area contributed by atoms with E-state index in [1.807, 2.05) is 18.4 Å². The summed E-state index contributed by atoms with van der Waals surface area (Å²) in [7, 11) is 1.84. The van der Waals surface area contributed by atoms with Gasteiger partial charge in [-0.1, -0.05) is 13.0 Å². The lowest BCUT2D eigenvalue weighted by Crippen LogP contribution is -2.45. The fourth-order valence-corrected chi connectivity index (χ4v) is 4.88. The van der Waals surface area contributed by atoms with Gasteiger partial charge in [0.15, 0.2) is 5.96 Å². The first kappa shape index (κ1) is 25.8. The Kier molecular flexibility index (Phi) is 12.6. The monoisotopic (exact) mass is 550 g/mol. The summed E-state index contributed by atoms with van der Waals surface area (Å²) in [6.45, 7) is 8.94. The molecule has 2 fully saturated rings. The average Bonchev–Trinajstić information content (AvgIpc) is 3.28. The number of thiophene rings is 1. The molecule has 0 amide bonds. The maximum Gasteiger partial charge on any atom is 0.191 e. The number of ether oxygens (including phenoxy) is 2. The van der Waals surface area contributed by atoms with E-state index in [1.165, 1.54) is 30.8 Å². The molecular formula is C22H39IN4O2S. The number of aliphatic imine (C=N–C) groups is 1. The Morgan fingerprint density at radius 2 is 2.03 bits per heavy atom. The number of hydrogen-bond donors (Lipinski definition) is 2. The molecule has 0 aliphatic carbocycles. The van der Waals surface area contributed by atoms with E-state index in [4.69, 9.17) is 9.47 Å². The van der Waals surface area contributed by atoms with Gasteiger partial charge in [-0.3, -0.25) is 9.89 Å². The lowest BCUT2D eigenvalue weighted by atomic mass is 9.97. The highest BCUT2D eigenvalue weighted by Gasteiger charge is 2.25. The first-order chi connectivity index (χ1) is 14.3. The van der Waals surface area contributed by atoms with E-state index in [9.17, 15) is 0 Å². The average molecular weight is 551 g/mol. The zero-order chi connectivity index (χ0) is 20.3. The Balaban J connectivity index is 0.00000320. The van der Waals surface area contributed by atoms with Gasteiger partial charge in [-0.25, -0.2) is 0 Å². The first-order valence-corrected chi connectivity index (χ1v) is 12.1. The third kappa shape index (κ3) is 8.61. The summed E-state index contributed by atoms with van der Waals surface area (Å²) in [6.07, 6.45) is 5.99. The van der Waals surface area contributed by atoms with Gasteiger partial charge < -0.3 is 20.1 Å². The van der Waals surface area contributed by atoms with Crippen molar-refractivity contribution in [2.45, 2.75) is 51.2 Å². The molecule has 30 heavy (non-hydrogen) atoms. The van der Waals surface area contributed by atoms with Crippen LogP contribution in [0.25, 0.3) is 0 Å². The fraction of sp³-hybridized carbons (Fsp3) is 0.773. The van der Waals surface area contributed by atoms with E-state index in [0.717, 1.165) is 64.1 Å². The minimum atomic E-state index is 0. The highest BCUT2D eigenvalue weighted by atomic mass is 127. The van der Waals surface area contributed by atoms with Crippen molar-refractivity contribution in [1.29, 1.82) is 0 Å². The zero-order valence-electron chi connectivity index (χ0n) is 18.5. The van der Waals surface area contributed by atoms with Crippen molar-refractivity contribution >= 4 is 41.3 Å². The fourth-order valence-electron chi connectivity index (χ4n) is 4.02. The van der Waals surface area contributed by atoms with Crippen LogP contribution in [0.4, 0.5) is 0 Å². The molecule has 0 bridgehead atoms. The Morgan fingerprint density at radius 1 is 1.27 bits per heavy atom. The summed E-state index contributed by atoms with van der Waals surface area (Å²) in [5.41, 5.74) is 0. The second-order valence-electron chi connectivity index (χ2n) is 8.17. The van der Waals surface area contributed by atoms with Crippen LogP contribution < -0.4 is 10.6 Å². The zero-order valence-corrected chi connectivity index (χ0v) is 21.6. The van der Waals surface area contributed by atoms with Gasteiger partial charge in [-0.2, -0.15) is 0 Å². The van der Waals surface area contributed by atoms with Crippen molar-refractivity contribution in [3.63, 3.8) is 0 Å². The van der Waals surface area contributed by atoms with E-state index < -0.39 is 0 Å². The molecule has 6 nitrogen and oxygen atoms in total. The van der Waals surface area contributed by atoms with Crippen LogP contribution in [0.15, 0.2) is 22.5 Å². The minimum absolute atomic E-state index is 0. The molecule has 0 radical (unpaired) electrons. The molecule has 0 saturated carbocycles. The van der Waals surface area contributed by atoms with Gasteiger partial charge in [0.25, 0.3) is 0 Å². The lowest BCUT2D eigenvalue weighted by molar-refractivity contribution is -0.0320. The maximum atomic E-state index is 5.95. The maximum absolute atomic E-state index is 5.95. The van der Waals surface area contributed by atoms with Crippen molar-refractivity contribution in [2.24, 2.45) is 10.9 Å². The van der Waals surface area contributed by atoms with Crippen LogP contribution >= 0.6 is 35.3 Å². The number of rotatable bonds is 9. The van der Waals surface area contributed by atoms with Gasteiger partial charge >= 0.3 is 0 Å². The molecule has 1 aromatic heterocycles. The van der Waals surface area contributed by atoms with Crippen LogP contribution in [-0.4, -0.2) is 70.0 Å². The topological polar surface area (TPSA) is 58.1 Å². The predicted molar refractivity (Wildman–Crippen MR) is 136 cm³/mol. The molecule has 3 heterocycles. The number of nitrogens with zero attached hydrogens (tertiary/aromatic N) is 2. The molecule has 3 rings (SSSR count). The van der Waals surface area contributed by atoms with Crippen molar-refractivity contribution < 1.29 is 9.47 Å². The van der Waals surface area contributed by atoms with Crippen LogP contribution in [0.3, 0.4) is 0 Å². The van der Waals surface area contributed by atoms with Crippen LogP contribution in [0.1, 0.15) is 49.9 Å². The molecule has 2 aliphatic rings. The minimum Gasteiger partial charge on any atom is -0.381 e. The molecule has 0 aromatic carbocycles. The highest BCUT2D eigenvalue weighted by Crippen LogP contribution is 2.29. The summed E-state index contributed by atoms with van der Waals surface area (Å²) >= 11 is 1.86. The number of nitrogens with one attached hydrogen (secondary N) is 2. The van der Waals surface area contributed by atoms with Gasteiger partial charge in [-0.05, 0) is 62.6 Å². The Morgan fingerprint density at radius 3 is 2.70 bits per heavy atom. The number of hydrogen-bond acceptors (Lipinski definition) is 5. The van der Waals surface area contributed by atoms with Crippen molar-refractivity contribution in [3.8, 4) is 0 Å². The smallest absolute Gasteiger partial charge is 0.191 e. The molecule has 2 aliphatic heterocycles. The van der Waals surface area contributed by atoms with Gasteiger partial charge in [-0.15, -0.1) is 35.3 Å². The van der Waals surface area contributed by atoms with Gasteiger partial charge in [0, 0.05) is 44.8 Å². The number of piperidine rings is 1. The summed E-state index contributed by atoms with van der Waals surface area (Å²) in [4.78, 5) is 8.48. The number of halogens is 1. The molecule has 1 atom stereocenters. The van der Waals surface area contributed by atoms with Crippen LogP contribution in [-0.2, 0) is 9.47 Å². The molecule has 1 unspecified atom stereocenters. The van der Waals surface area contributed by atoms with Gasteiger partial charge in [0.1, 0.15) is 0 Å². The summed E-state index contributed by atoms with van der Waals surface area (Å²) in [6, 6.07) is 4.84. The van der Waals surface area contributed by atoms with Crippen molar-refractivity contribution in [3.05, 3.63) is 22.4 Å². The van der Waals surface area contributed by atoms with Crippen LogP contribution in [0, 0.1) is 5.92 Å². The van der Waals surface area contributed by atoms with Gasteiger partial charge in [0.2, 0.25) is 0 Å². The Hall–Kier alpha value is -0.420. The Labute approximate surface area is 203 Å². The molecule has 2 saturated heterocycles. The van der Waals surface area contributed by atoms with Crippen molar-refractivity contribution in [1.82, 2.24) is 15.5 Å². The number of likely N-dealkylation sites (tertiary alicyclic amines) is 1. The van der Waals surface area contributed by atoms with E-state index in [2.05, 4.69) is 45.0 Å². The molecular weight excluding hydrogens is 511 g/mol.